The second kappa shape index (κ2) is 11.0. The number of aromatic nitrogens is 2. The van der Waals surface area contributed by atoms with Crippen molar-refractivity contribution >= 4 is 16.8 Å². The van der Waals surface area contributed by atoms with Crippen molar-refractivity contribution in [1.29, 1.82) is 0 Å². The van der Waals surface area contributed by atoms with E-state index in [9.17, 15) is 14.3 Å². The Labute approximate surface area is 202 Å². The van der Waals surface area contributed by atoms with E-state index in [1.807, 2.05) is 19.1 Å². The number of methoxy groups -OCH3 is 1. The Morgan fingerprint density at radius 2 is 2.00 bits per heavy atom. The lowest BCUT2D eigenvalue weighted by Gasteiger charge is -2.18. The highest BCUT2D eigenvalue weighted by molar-refractivity contribution is 5.98. The molecule has 0 bridgehead atoms. The van der Waals surface area contributed by atoms with E-state index in [-0.39, 0.29) is 18.3 Å². The quantitative estimate of drug-likeness (QED) is 0.313. The third kappa shape index (κ3) is 5.60. The molecule has 182 valence electrons. The number of hydrogen-bond acceptors (Lipinski definition) is 5. The number of halogens is 1. The molecule has 0 aliphatic carbocycles. The van der Waals surface area contributed by atoms with Gasteiger partial charge in [-0.15, -0.1) is 0 Å². The zero-order chi connectivity index (χ0) is 24.8. The van der Waals surface area contributed by atoms with Gasteiger partial charge in [0.1, 0.15) is 11.6 Å². The topological polar surface area (TPSA) is 96.5 Å². The number of carbonyl (C=O) groups is 1. The summed E-state index contributed by atoms with van der Waals surface area (Å²) in [6.45, 7) is 2.18. The average Bonchev–Trinajstić information content (AvgIpc) is 3.28. The molecule has 0 fully saturated rings. The number of amides is 1. The van der Waals surface area contributed by atoms with Crippen molar-refractivity contribution in [1.82, 2.24) is 15.3 Å². The lowest BCUT2D eigenvalue weighted by Crippen LogP contribution is -2.39. The Balaban J connectivity index is 1.59. The van der Waals surface area contributed by atoms with Gasteiger partial charge in [0.05, 0.1) is 31.9 Å². The van der Waals surface area contributed by atoms with E-state index in [0.717, 1.165) is 34.0 Å². The molecule has 1 amide bonds. The molecule has 0 aliphatic heterocycles. The van der Waals surface area contributed by atoms with Crippen LogP contribution in [0.1, 0.15) is 29.3 Å². The van der Waals surface area contributed by atoms with Crippen molar-refractivity contribution in [3.63, 3.8) is 0 Å². The van der Waals surface area contributed by atoms with Crippen molar-refractivity contribution in [2.45, 2.75) is 25.8 Å². The number of nitrogens with one attached hydrogen (secondary N) is 2. The van der Waals surface area contributed by atoms with E-state index in [2.05, 4.69) is 15.3 Å². The van der Waals surface area contributed by atoms with E-state index in [4.69, 9.17) is 9.47 Å². The first-order valence-electron chi connectivity index (χ1n) is 11.5. The highest BCUT2D eigenvalue weighted by atomic mass is 19.1. The van der Waals surface area contributed by atoms with Gasteiger partial charge in [0.15, 0.2) is 0 Å². The largest absolute Gasteiger partial charge is 0.493 e. The molecule has 2 aromatic heterocycles. The van der Waals surface area contributed by atoms with Gasteiger partial charge in [-0.05, 0) is 60.4 Å². The van der Waals surface area contributed by atoms with E-state index < -0.39 is 6.04 Å². The molecule has 0 saturated heterocycles. The Kier molecular flexibility index (Phi) is 7.62. The van der Waals surface area contributed by atoms with Crippen molar-refractivity contribution in [2.75, 3.05) is 20.3 Å². The van der Waals surface area contributed by atoms with Gasteiger partial charge < -0.3 is 24.9 Å². The summed E-state index contributed by atoms with van der Waals surface area (Å²) in [5, 5.41) is 13.6. The Morgan fingerprint density at radius 3 is 2.71 bits per heavy atom. The first kappa shape index (κ1) is 24.2. The minimum Gasteiger partial charge on any atom is -0.493 e. The van der Waals surface area contributed by atoms with Gasteiger partial charge in [0, 0.05) is 34.9 Å². The minimum atomic E-state index is -0.574. The number of rotatable bonds is 10. The SMILES string of the molecule is CCCOc1ccc(-c2ccc(OC)nc2)cc1C(=O)NC(CO)Cc1c[nH]c2ccc(F)cc12. The number of nitrogens with zero attached hydrogens (tertiary/aromatic N) is 1. The number of fused-ring (bicyclic) bond motifs is 1. The molecular weight excluding hydrogens is 449 g/mol. The average molecular weight is 478 g/mol. The summed E-state index contributed by atoms with van der Waals surface area (Å²) in [6, 6.07) is 12.9. The van der Waals surface area contributed by atoms with Crippen LogP contribution in [0.3, 0.4) is 0 Å². The van der Waals surface area contributed by atoms with Gasteiger partial charge in [-0.1, -0.05) is 13.0 Å². The number of pyridine rings is 1. The Bertz CT molecular complexity index is 1300. The number of benzene rings is 2. The highest BCUT2D eigenvalue weighted by Crippen LogP contribution is 2.28. The van der Waals surface area contributed by atoms with E-state index in [1.165, 1.54) is 12.1 Å². The lowest BCUT2D eigenvalue weighted by atomic mass is 10.0. The molecule has 4 rings (SSSR count). The third-order valence-electron chi connectivity index (χ3n) is 5.72. The third-order valence-corrected chi connectivity index (χ3v) is 5.72. The van der Waals surface area contributed by atoms with Crippen LogP contribution in [-0.4, -0.2) is 47.3 Å². The summed E-state index contributed by atoms with van der Waals surface area (Å²) >= 11 is 0. The molecule has 7 nitrogen and oxygen atoms in total. The van der Waals surface area contributed by atoms with Gasteiger partial charge >= 0.3 is 0 Å². The predicted molar refractivity (Wildman–Crippen MR) is 132 cm³/mol. The minimum absolute atomic E-state index is 0.277. The molecule has 0 aliphatic rings. The summed E-state index contributed by atoms with van der Waals surface area (Å²) in [5.41, 5.74) is 3.57. The molecular formula is C27H28FN3O4. The maximum atomic E-state index is 13.8. The van der Waals surface area contributed by atoms with Crippen LogP contribution < -0.4 is 14.8 Å². The van der Waals surface area contributed by atoms with Gasteiger partial charge in [-0.3, -0.25) is 4.79 Å². The molecule has 35 heavy (non-hydrogen) atoms. The first-order valence-corrected chi connectivity index (χ1v) is 11.5. The summed E-state index contributed by atoms with van der Waals surface area (Å²) in [6.07, 6.45) is 4.57. The number of aromatic amines is 1. The van der Waals surface area contributed by atoms with Crippen LogP contribution in [0.5, 0.6) is 11.6 Å². The van der Waals surface area contributed by atoms with Crippen molar-refractivity contribution in [3.05, 3.63) is 77.9 Å². The maximum Gasteiger partial charge on any atom is 0.255 e. The van der Waals surface area contributed by atoms with Crippen LogP contribution >= 0.6 is 0 Å². The normalized spacial score (nSPS) is 11.9. The monoisotopic (exact) mass is 477 g/mol. The van der Waals surface area contributed by atoms with Gasteiger partial charge in [-0.2, -0.15) is 0 Å². The van der Waals surface area contributed by atoms with Gasteiger partial charge in [-0.25, -0.2) is 9.37 Å². The summed E-state index contributed by atoms with van der Waals surface area (Å²) in [4.78, 5) is 20.7. The molecule has 0 spiro atoms. The van der Waals surface area contributed by atoms with Crippen molar-refractivity contribution in [2.24, 2.45) is 0 Å². The van der Waals surface area contributed by atoms with E-state index in [0.29, 0.717) is 30.2 Å². The van der Waals surface area contributed by atoms with Crippen molar-refractivity contribution in [3.8, 4) is 22.8 Å². The maximum absolute atomic E-state index is 13.8. The first-order chi connectivity index (χ1) is 17.0. The fourth-order valence-electron chi connectivity index (χ4n) is 3.91. The number of ether oxygens (including phenoxy) is 2. The Hall–Kier alpha value is -3.91. The Morgan fingerprint density at radius 1 is 1.17 bits per heavy atom. The summed E-state index contributed by atoms with van der Waals surface area (Å²) < 4.78 is 24.7. The number of H-pyrrole nitrogens is 1. The predicted octanol–water partition coefficient (Wildman–Crippen LogP) is 4.50. The highest BCUT2D eigenvalue weighted by Gasteiger charge is 2.20. The zero-order valence-electron chi connectivity index (χ0n) is 19.7. The van der Waals surface area contributed by atoms with Crippen molar-refractivity contribution < 1.29 is 23.8 Å². The molecule has 8 heteroatoms. The number of carbonyl (C=O) groups excluding carboxylic acids is 1. The van der Waals surface area contributed by atoms with Crippen LogP contribution in [0.4, 0.5) is 4.39 Å². The summed E-state index contributed by atoms with van der Waals surface area (Å²) in [7, 11) is 1.55. The zero-order valence-corrected chi connectivity index (χ0v) is 19.7. The van der Waals surface area contributed by atoms with E-state index >= 15 is 0 Å². The van der Waals surface area contributed by atoms with Crippen LogP contribution in [0.15, 0.2) is 60.9 Å². The number of hydrogen-bond donors (Lipinski definition) is 3. The molecule has 1 atom stereocenters. The van der Waals surface area contributed by atoms with Crippen LogP contribution in [0, 0.1) is 5.82 Å². The fraction of sp³-hybridized carbons (Fsp3) is 0.259. The van der Waals surface area contributed by atoms with Gasteiger partial charge in [0.2, 0.25) is 5.88 Å². The van der Waals surface area contributed by atoms with Crippen LogP contribution in [0.25, 0.3) is 22.0 Å². The lowest BCUT2D eigenvalue weighted by molar-refractivity contribution is 0.0912. The van der Waals surface area contributed by atoms with E-state index in [1.54, 1.807) is 43.8 Å². The van der Waals surface area contributed by atoms with Crippen LogP contribution in [-0.2, 0) is 6.42 Å². The fourth-order valence-corrected chi connectivity index (χ4v) is 3.91. The molecule has 3 N–H and O–H groups in total. The molecule has 0 radical (unpaired) electrons. The molecule has 2 aromatic carbocycles. The molecule has 2 heterocycles. The van der Waals surface area contributed by atoms with Gasteiger partial charge in [0.25, 0.3) is 5.91 Å². The molecule has 1 unspecified atom stereocenters. The molecule has 4 aromatic rings. The standard InChI is InChI=1S/C27H28FN3O4/c1-3-10-35-25-8-4-17(18-5-9-26(34-2)30-14-18)12-23(25)27(33)31-21(16-32)11-19-15-29-24-7-6-20(28)13-22(19)24/h4-9,12-15,21,29,32H,3,10-11,16H2,1-2H3,(H,31,33). The number of aliphatic hydroxyl groups excluding tert-OH is 1. The second-order valence-electron chi connectivity index (χ2n) is 8.21. The molecule has 0 saturated carbocycles. The van der Waals surface area contributed by atoms with Crippen LogP contribution in [0.2, 0.25) is 0 Å². The smallest absolute Gasteiger partial charge is 0.255 e. The summed E-state index contributed by atoms with van der Waals surface area (Å²) in [5.74, 6) is 0.243. The second-order valence-corrected chi connectivity index (χ2v) is 8.21. The number of aliphatic hydroxyl groups is 1.